The van der Waals surface area contributed by atoms with Crippen LogP contribution in [0.15, 0.2) is 0 Å². The van der Waals surface area contributed by atoms with E-state index in [2.05, 4.69) is 0 Å². The largest absolute Gasteiger partial charge is 0.369 e. The maximum Gasteiger partial charge on any atom is 0.231 e. The zero-order chi connectivity index (χ0) is 6.73. The van der Waals surface area contributed by atoms with E-state index in [1.807, 2.05) is 22.6 Å². The Morgan fingerprint density at radius 2 is 2.12 bits per heavy atom. The summed E-state index contributed by atoms with van der Waals surface area (Å²) in [5.74, 6) is -0.347. The van der Waals surface area contributed by atoms with Crippen molar-refractivity contribution in [1.29, 1.82) is 0 Å². The van der Waals surface area contributed by atoms with E-state index in [0.717, 1.165) is 0 Å². The summed E-state index contributed by atoms with van der Waals surface area (Å²) in [6.07, 6.45) is 0. The van der Waals surface area contributed by atoms with E-state index in [4.69, 9.17) is 11.5 Å². The molecule has 4 heteroatoms. The predicted molar refractivity (Wildman–Crippen MR) is 40.7 cm³/mol. The van der Waals surface area contributed by atoms with Crippen molar-refractivity contribution in [3.8, 4) is 0 Å². The molecule has 0 heterocycles. The molecule has 2 atom stereocenters. The number of hydrogen-bond donors (Lipinski definition) is 2. The molecule has 3 nitrogen and oxygen atoms in total. The second-order valence-electron chi connectivity index (χ2n) is 1.66. The average molecular weight is 228 g/mol. The molecule has 0 aromatic rings. The lowest BCUT2D eigenvalue weighted by molar-refractivity contribution is -0.117. The Morgan fingerprint density at radius 3 is 2.12 bits per heavy atom. The predicted octanol–water partition coefficient (Wildman–Crippen LogP) is -0.378. The van der Waals surface area contributed by atoms with E-state index in [1.165, 1.54) is 0 Å². The van der Waals surface area contributed by atoms with Crippen molar-refractivity contribution in [2.45, 2.75) is 16.9 Å². The number of primary amides is 1. The third-order valence-corrected chi connectivity index (χ3v) is 2.48. The number of alkyl halides is 1. The molecule has 0 fully saturated rings. The van der Waals surface area contributed by atoms with E-state index in [1.54, 1.807) is 6.92 Å². The molecular weight excluding hydrogens is 219 g/mol. The molecule has 0 aliphatic heterocycles. The minimum atomic E-state index is -0.347. The Morgan fingerprint density at radius 1 is 1.75 bits per heavy atom. The minimum absolute atomic E-state index is 0.145. The Bertz CT molecular complexity index is 94.0. The second kappa shape index (κ2) is 3.24. The van der Waals surface area contributed by atoms with Gasteiger partial charge in [0.05, 0.1) is 0 Å². The molecule has 0 saturated heterocycles. The SMILES string of the molecule is CC(N)C(I)C(N)=O. The van der Waals surface area contributed by atoms with Crippen molar-refractivity contribution in [2.75, 3.05) is 0 Å². The van der Waals surface area contributed by atoms with Gasteiger partial charge in [0.25, 0.3) is 0 Å². The van der Waals surface area contributed by atoms with Gasteiger partial charge in [-0.05, 0) is 6.92 Å². The highest BCUT2D eigenvalue weighted by Crippen LogP contribution is 2.01. The number of amides is 1. The van der Waals surface area contributed by atoms with Gasteiger partial charge in [-0.1, -0.05) is 22.6 Å². The Kier molecular flexibility index (Phi) is 3.30. The van der Waals surface area contributed by atoms with E-state index in [0.29, 0.717) is 0 Å². The average Bonchev–Trinajstić information content (AvgIpc) is 1.64. The number of rotatable bonds is 2. The van der Waals surface area contributed by atoms with Crippen LogP contribution in [0, 0.1) is 0 Å². The van der Waals surface area contributed by atoms with Gasteiger partial charge in [0.2, 0.25) is 5.91 Å². The number of carbonyl (C=O) groups excluding carboxylic acids is 1. The molecule has 0 aromatic carbocycles. The van der Waals surface area contributed by atoms with Crippen molar-refractivity contribution >= 4 is 28.5 Å². The summed E-state index contributed by atoms with van der Waals surface area (Å²) in [4.78, 5) is 10.3. The minimum Gasteiger partial charge on any atom is -0.369 e. The van der Waals surface area contributed by atoms with Crippen molar-refractivity contribution in [3.63, 3.8) is 0 Å². The van der Waals surface area contributed by atoms with Gasteiger partial charge >= 0.3 is 0 Å². The number of nitrogens with two attached hydrogens (primary N) is 2. The first-order valence-electron chi connectivity index (χ1n) is 2.24. The van der Waals surface area contributed by atoms with Crippen LogP contribution in [0.2, 0.25) is 0 Å². The molecule has 2 unspecified atom stereocenters. The molecule has 0 saturated carbocycles. The first-order valence-corrected chi connectivity index (χ1v) is 3.49. The molecular formula is C4H9IN2O. The van der Waals surface area contributed by atoms with Gasteiger partial charge in [-0.25, -0.2) is 0 Å². The lowest BCUT2D eigenvalue weighted by Gasteiger charge is -2.07. The van der Waals surface area contributed by atoms with Crippen molar-refractivity contribution in [3.05, 3.63) is 0 Å². The fraction of sp³-hybridized carbons (Fsp3) is 0.750. The Hall–Kier alpha value is 0.160. The third kappa shape index (κ3) is 2.46. The highest BCUT2D eigenvalue weighted by Gasteiger charge is 2.14. The van der Waals surface area contributed by atoms with Gasteiger partial charge in [-0.2, -0.15) is 0 Å². The maximum absolute atomic E-state index is 10.3. The zero-order valence-corrected chi connectivity index (χ0v) is 6.75. The number of hydrogen-bond acceptors (Lipinski definition) is 2. The van der Waals surface area contributed by atoms with E-state index < -0.39 is 0 Å². The van der Waals surface area contributed by atoms with Gasteiger partial charge in [-0.15, -0.1) is 0 Å². The smallest absolute Gasteiger partial charge is 0.231 e. The molecule has 0 aromatic heterocycles. The van der Waals surface area contributed by atoms with Gasteiger partial charge in [-0.3, -0.25) is 4.79 Å². The van der Waals surface area contributed by atoms with Crippen LogP contribution >= 0.6 is 22.6 Å². The molecule has 1 amide bonds. The van der Waals surface area contributed by atoms with Crippen LogP contribution < -0.4 is 11.5 Å². The van der Waals surface area contributed by atoms with Gasteiger partial charge in [0, 0.05) is 6.04 Å². The van der Waals surface area contributed by atoms with Crippen LogP contribution in [0.25, 0.3) is 0 Å². The molecule has 48 valence electrons. The van der Waals surface area contributed by atoms with Crippen LogP contribution in [0.4, 0.5) is 0 Å². The topological polar surface area (TPSA) is 69.1 Å². The van der Waals surface area contributed by atoms with Crippen LogP contribution in [0.1, 0.15) is 6.92 Å². The normalized spacial score (nSPS) is 17.4. The Balaban J connectivity index is 3.64. The lowest BCUT2D eigenvalue weighted by atomic mass is 10.2. The number of carbonyl (C=O) groups is 1. The van der Waals surface area contributed by atoms with E-state index in [-0.39, 0.29) is 15.9 Å². The van der Waals surface area contributed by atoms with Crippen molar-refractivity contribution in [2.24, 2.45) is 11.5 Å². The molecule has 0 aliphatic carbocycles. The number of halogens is 1. The van der Waals surface area contributed by atoms with Crippen LogP contribution in [-0.2, 0) is 4.79 Å². The fourth-order valence-corrected chi connectivity index (χ4v) is 0.259. The fourth-order valence-electron chi connectivity index (χ4n) is 0.259. The molecule has 0 rings (SSSR count). The lowest BCUT2D eigenvalue weighted by Crippen LogP contribution is -2.37. The summed E-state index contributed by atoms with van der Waals surface area (Å²) in [5, 5.41) is 0. The summed E-state index contributed by atoms with van der Waals surface area (Å²) >= 11 is 1.92. The molecule has 0 spiro atoms. The van der Waals surface area contributed by atoms with Crippen LogP contribution in [-0.4, -0.2) is 15.9 Å². The molecule has 4 N–H and O–H groups in total. The highest BCUT2D eigenvalue weighted by atomic mass is 127. The van der Waals surface area contributed by atoms with Gasteiger partial charge in [0.1, 0.15) is 3.92 Å². The van der Waals surface area contributed by atoms with E-state index in [9.17, 15) is 4.79 Å². The summed E-state index contributed by atoms with van der Waals surface area (Å²) in [5.41, 5.74) is 10.2. The van der Waals surface area contributed by atoms with Crippen LogP contribution in [0.5, 0.6) is 0 Å². The van der Waals surface area contributed by atoms with Gasteiger partial charge in [0.15, 0.2) is 0 Å². The van der Waals surface area contributed by atoms with E-state index >= 15 is 0 Å². The first-order chi connectivity index (χ1) is 3.55. The summed E-state index contributed by atoms with van der Waals surface area (Å²) in [7, 11) is 0. The molecule has 0 bridgehead atoms. The second-order valence-corrected chi connectivity index (χ2v) is 3.01. The standard InChI is InChI=1S/C4H9IN2O/c1-2(6)3(5)4(7)8/h2-3H,6H2,1H3,(H2,7,8). The highest BCUT2D eigenvalue weighted by molar-refractivity contribution is 14.1. The summed E-state index contributed by atoms with van der Waals surface area (Å²) in [6, 6.07) is -0.145. The molecule has 8 heavy (non-hydrogen) atoms. The molecule has 0 aliphatic rings. The Labute approximate surface area is 61.9 Å². The summed E-state index contributed by atoms with van der Waals surface area (Å²) < 4.78 is -0.243. The quantitative estimate of drug-likeness (QED) is 0.499. The monoisotopic (exact) mass is 228 g/mol. The zero-order valence-electron chi connectivity index (χ0n) is 4.60. The summed E-state index contributed by atoms with van der Waals surface area (Å²) in [6.45, 7) is 1.75. The third-order valence-electron chi connectivity index (χ3n) is 0.733. The van der Waals surface area contributed by atoms with Crippen molar-refractivity contribution < 1.29 is 4.79 Å². The molecule has 0 radical (unpaired) electrons. The first kappa shape index (κ1) is 8.16. The van der Waals surface area contributed by atoms with Crippen LogP contribution in [0.3, 0.4) is 0 Å². The van der Waals surface area contributed by atoms with Gasteiger partial charge < -0.3 is 11.5 Å². The van der Waals surface area contributed by atoms with Crippen molar-refractivity contribution in [1.82, 2.24) is 0 Å². The maximum atomic E-state index is 10.3.